The van der Waals surface area contributed by atoms with Crippen molar-refractivity contribution in [3.63, 3.8) is 0 Å². The van der Waals surface area contributed by atoms with Crippen LogP contribution in [0, 0.1) is 0 Å². The maximum absolute atomic E-state index is 9.74. The largest absolute Gasteiger partial charge is 0.389 e. The quantitative estimate of drug-likeness (QED) is 0.840. The van der Waals surface area contributed by atoms with E-state index in [0.29, 0.717) is 13.2 Å². The molecule has 1 aromatic rings. The molecule has 0 saturated heterocycles. The van der Waals surface area contributed by atoms with Crippen molar-refractivity contribution in [2.45, 2.75) is 18.6 Å². The van der Waals surface area contributed by atoms with Crippen LogP contribution in [0.5, 0.6) is 0 Å². The lowest BCUT2D eigenvalue weighted by Gasteiger charge is -2.30. The zero-order chi connectivity index (χ0) is 13.7. The van der Waals surface area contributed by atoms with E-state index in [4.69, 9.17) is 9.47 Å². The molecular weight excluding hydrogens is 242 g/mol. The van der Waals surface area contributed by atoms with Gasteiger partial charge in [-0.05, 0) is 24.6 Å². The Balaban J connectivity index is 1.93. The summed E-state index contributed by atoms with van der Waals surface area (Å²) in [6.07, 6.45) is 0.640. The molecule has 0 saturated carbocycles. The van der Waals surface area contributed by atoms with Gasteiger partial charge in [0.05, 0.1) is 25.4 Å². The van der Waals surface area contributed by atoms with Crippen LogP contribution >= 0.6 is 0 Å². The number of benzene rings is 1. The summed E-state index contributed by atoms with van der Waals surface area (Å²) in [5.41, 5.74) is 2.66. The van der Waals surface area contributed by atoms with Crippen LogP contribution in [0.1, 0.15) is 17.2 Å². The third-order valence-electron chi connectivity index (χ3n) is 3.45. The minimum absolute atomic E-state index is 0.102. The van der Waals surface area contributed by atoms with Gasteiger partial charge in [-0.25, -0.2) is 0 Å². The van der Waals surface area contributed by atoms with Gasteiger partial charge in [-0.1, -0.05) is 24.3 Å². The fourth-order valence-corrected chi connectivity index (χ4v) is 2.59. The van der Waals surface area contributed by atoms with E-state index in [2.05, 4.69) is 29.2 Å². The van der Waals surface area contributed by atoms with Gasteiger partial charge in [-0.2, -0.15) is 0 Å². The summed E-state index contributed by atoms with van der Waals surface area (Å²) in [4.78, 5) is 2.09. The first-order valence-corrected chi connectivity index (χ1v) is 6.75. The van der Waals surface area contributed by atoms with Gasteiger partial charge < -0.3 is 19.5 Å². The fourth-order valence-electron chi connectivity index (χ4n) is 2.59. The Labute approximate surface area is 114 Å². The zero-order valence-corrected chi connectivity index (χ0v) is 11.7. The molecule has 1 aromatic carbocycles. The van der Waals surface area contributed by atoms with Crippen LogP contribution in [-0.4, -0.2) is 56.6 Å². The van der Waals surface area contributed by atoms with Crippen LogP contribution in [0.4, 0.5) is 0 Å². The molecule has 2 rings (SSSR count). The van der Waals surface area contributed by atoms with Gasteiger partial charge in [-0.3, -0.25) is 0 Å². The Morgan fingerprint density at radius 3 is 3.05 bits per heavy atom. The minimum Gasteiger partial charge on any atom is -0.389 e. The van der Waals surface area contributed by atoms with Gasteiger partial charge in [0.25, 0.3) is 0 Å². The topological polar surface area (TPSA) is 41.9 Å². The molecule has 1 aliphatic rings. The van der Waals surface area contributed by atoms with Crippen molar-refractivity contribution in [3.05, 3.63) is 35.4 Å². The predicted octanol–water partition coefficient (Wildman–Crippen LogP) is 1.24. The van der Waals surface area contributed by atoms with Gasteiger partial charge >= 0.3 is 0 Å². The van der Waals surface area contributed by atoms with E-state index in [1.54, 1.807) is 7.11 Å². The lowest BCUT2D eigenvalue weighted by molar-refractivity contribution is 0.000744. The number of aliphatic hydroxyl groups excluding tert-OH is 1. The van der Waals surface area contributed by atoms with Gasteiger partial charge in [0, 0.05) is 20.2 Å². The Morgan fingerprint density at radius 2 is 2.26 bits per heavy atom. The van der Waals surface area contributed by atoms with Gasteiger partial charge in [-0.15, -0.1) is 0 Å². The van der Waals surface area contributed by atoms with Crippen molar-refractivity contribution in [1.29, 1.82) is 0 Å². The van der Waals surface area contributed by atoms with Crippen molar-refractivity contribution in [3.8, 4) is 0 Å². The van der Waals surface area contributed by atoms with E-state index >= 15 is 0 Å². The molecule has 0 bridgehead atoms. The zero-order valence-electron chi connectivity index (χ0n) is 11.7. The lowest BCUT2D eigenvalue weighted by Crippen LogP contribution is -2.36. The first kappa shape index (κ1) is 14.5. The van der Waals surface area contributed by atoms with Crippen LogP contribution < -0.4 is 0 Å². The van der Waals surface area contributed by atoms with Crippen LogP contribution in [0.3, 0.4) is 0 Å². The fraction of sp³-hybridized carbons (Fsp3) is 0.600. The summed E-state index contributed by atoms with van der Waals surface area (Å²) >= 11 is 0. The summed E-state index contributed by atoms with van der Waals surface area (Å²) in [5, 5.41) is 9.74. The second-order valence-corrected chi connectivity index (χ2v) is 5.14. The highest BCUT2D eigenvalue weighted by molar-refractivity contribution is 5.31. The van der Waals surface area contributed by atoms with E-state index in [1.807, 2.05) is 7.05 Å². The van der Waals surface area contributed by atoms with E-state index in [0.717, 1.165) is 19.6 Å². The average molecular weight is 265 g/mol. The molecule has 1 N–H and O–H groups in total. The summed E-state index contributed by atoms with van der Waals surface area (Å²) in [6, 6.07) is 8.44. The molecule has 19 heavy (non-hydrogen) atoms. The monoisotopic (exact) mass is 265 g/mol. The maximum atomic E-state index is 9.74. The van der Waals surface area contributed by atoms with Crippen molar-refractivity contribution in [2.24, 2.45) is 0 Å². The lowest BCUT2D eigenvalue weighted by atomic mass is 9.97. The van der Waals surface area contributed by atoms with E-state index < -0.39 is 6.10 Å². The first-order chi connectivity index (χ1) is 9.20. The van der Waals surface area contributed by atoms with Gasteiger partial charge in [0.15, 0.2) is 0 Å². The van der Waals surface area contributed by atoms with Crippen molar-refractivity contribution >= 4 is 0 Å². The predicted molar refractivity (Wildman–Crippen MR) is 74.2 cm³/mol. The van der Waals surface area contributed by atoms with E-state index in [-0.39, 0.29) is 6.10 Å². The number of methoxy groups -OCH3 is 1. The minimum atomic E-state index is -0.450. The summed E-state index contributed by atoms with van der Waals surface area (Å²) in [5.74, 6) is 0. The average Bonchev–Trinajstić information content (AvgIpc) is 2.39. The normalized spacial score (nSPS) is 20.3. The SMILES string of the molecule is COCC(O)CN(C)CC1OCCc2ccccc21. The molecule has 0 spiro atoms. The first-order valence-electron chi connectivity index (χ1n) is 6.75. The molecule has 0 fully saturated rings. The van der Waals surface area contributed by atoms with Crippen LogP contribution in [0.15, 0.2) is 24.3 Å². The number of nitrogens with zero attached hydrogens (tertiary/aromatic N) is 1. The Hall–Kier alpha value is -0.940. The molecule has 0 radical (unpaired) electrons. The third-order valence-corrected chi connectivity index (χ3v) is 3.45. The number of hydrogen-bond acceptors (Lipinski definition) is 4. The Bertz CT molecular complexity index is 397. The highest BCUT2D eigenvalue weighted by Crippen LogP contribution is 2.27. The van der Waals surface area contributed by atoms with Crippen molar-refractivity contribution < 1.29 is 14.6 Å². The van der Waals surface area contributed by atoms with Crippen LogP contribution in [0.2, 0.25) is 0 Å². The maximum Gasteiger partial charge on any atom is 0.0954 e. The molecule has 0 aromatic heterocycles. The molecule has 2 atom stereocenters. The van der Waals surface area contributed by atoms with Crippen molar-refractivity contribution in [1.82, 2.24) is 4.90 Å². The number of rotatable bonds is 6. The van der Waals surface area contributed by atoms with Crippen LogP contribution in [-0.2, 0) is 15.9 Å². The number of hydrogen-bond donors (Lipinski definition) is 1. The molecule has 1 aliphatic heterocycles. The van der Waals surface area contributed by atoms with E-state index in [9.17, 15) is 5.11 Å². The number of likely N-dealkylation sites (N-methyl/N-ethyl adjacent to an activating group) is 1. The second kappa shape index (κ2) is 7.01. The summed E-state index contributed by atoms with van der Waals surface area (Å²) < 4.78 is 10.8. The van der Waals surface area contributed by atoms with Gasteiger partial charge in [0.1, 0.15) is 0 Å². The summed E-state index contributed by atoms with van der Waals surface area (Å²) in [7, 11) is 3.60. The van der Waals surface area contributed by atoms with E-state index in [1.165, 1.54) is 11.1 Å². The third kappa shape index (κ3) is 4.01. The van der Waals surface area contributed by atoms with Crippen LogP contribution in [0.25, 0.3) is 0 Å². The number of ether oxygens (including phenoxy) is 2. The Kier molecular flexibility index (Phi) is 5.34. The van der Waals surface area contributed by atoms with Gasteiger partial charge in [0.2, 0.25) is 0 Å². The highest BCUT2D eigenvalue weighted by atomic mass is 16.5. The second-order valence-electron chi connectivity index (χ2n) is 5.14. The molecule has 106 valence electrons. The molecule has 1 heterocycles. The highest BCUT2D eigenvalue weighted by Gasteiger charge is 2.22. The molecule has 0 amide bonds. The Morgan fingerprint density at radius 1 is 1.47 bits per heavy atom. The smallest absolute Gasteiger partial charge is 0.0954 e. The molecule has 4 heteroatoms. The number of aliphatic hydroxyl groups is 1. The molecule has 4 nitrogen and oxygen atoms in total. The molecular formula is C15H23NO3. The number of fused-ring (bicyclic) bond motifs is 1. The van der Waals surface area contributed by atoms with Crippen molar-refractivity contribution in [2.75, 3.05) is 40.5 Å². The molecule has 0 aliphatic carbocycles. The molecule has 2 unspecified atom stereocenters. The summed E-state index contributed by atoms with van der Waals surface area (Å²) in [6.45, 7) is 2.52. The standard InChI is InChI=1S/C15H23NO3/c1-16(9-13(17)11-18-2)10-15-14-6-4-3-5-12(14)7-8-19-15/h3-6,13,15,17H,7-11H2,1-2H3.